The van der Waals surface area contributed by atoms with Gasteiger partial charge in [-0.1, -0.05) is 19.3 Å². The standard InChI is InChI=1S/C20H38N2O6/c1-2-28-20(24)17-21-8-10-25-12-14-27-15-13-26-11-9-22-19(23)16-18-6-4-3-5-7-18/h18,21H,2-17H2,1H3,(H,22,23). The molecule has 1 amide bonds. The minimum absolute atomic E-state index is 0.139. The van der Waals surface area contributed by atoms with Gasteiger partial charge < -0.3 is 29.6 Å². The summed E-state index contributed by atoms with van der Waals surface area (Å²) >= 11 is 0. The smallest absolute Gasteiger partial charge is 0.319 e. The molecule has 0 radical (unpaired) electrons. The van der Waals surface area contributed by atoms with Gasteiger partial charge in [-0.3, -0.25) is 9.59 Å². The first kappa shape index (κ1) is 24.8. The van der Waals surface area contributed by atoms with Gasteiger partial charge in [0.1, 0.15) is 0 Å². The van der Waals surface area contributed by atoms with Crippen LogP contribution in [0.5, 0.6) is 0 Å². The summed E-state index contributed by atoms with van der Waals surface area (Å²) in [5.74, 6) is 0.453. The second-order valence-electron chi connectivity index (χ2n) is 6.88. The van der Waals surface area contributed by atoms with Gasteiger partial charge in [0.05, 0.1) is 52.8 Å². The van der Waals surface area contributed by atoms with Gasteiger partial charge in [-0.05, 0) is 25.7 Å². The molecule has 1 fully saturated rings. The van der Waals surface area contributed by atoms with Gasteiger partial charge in [-0.2, -0.15) is 0 Å². The predicted molar refractivity (Wildman–Crippen MR) is 106 cm³/mol. The minimum atomic E-state index is -0.255. The third kappa shape index (κ3) is 14.8. The van der Waals surface area contributed by atoms with Gasteiger partial charge in [0.25, 0.3) is 0 Å². The van der Waals surface area contributed by atoms with Gasteiger partial charge in [0.15, 0.2) is 0 Å². The van der Waals surface area contributed by atoms with Crippen LogP contribution < -0.4 is 10.6 Å². The molecular formula is C20H38N2O6. The third-order valence-electron chi connectivity index (χ3n) is 4.51. The Morgan fingerprint density at radius 2 is 1.46 bits per heavy atom. The molecule has 1 aliphatic carbocycles. The zero-order valence-corrected chi connectivity index (χ0v) is 17.3. The molecule has 0 atom stereocenters. The molecule has 1 rings (SSSR count). The second kappa shape index (κ2) is 17.8. The average molecular weight is 403 g/mol. The fourth-order valence-corrected chi connectivity index (χ4v) is 3.08. The summed E-state index contributed by atoms with van der Waals surface area (Å²) in [6, 6.07) is 0. The number of carbonyl (C=O) groups is 2. The van der Waals surface area contributed by atoms with Crippen molar-refractivity contribution >= 4 is 11.9 Å². The first-order chi connectivity index (χ1) is 13.7. The molecule has 0 saturated heterocycles. The van der Waals surface area contributed by atoms with E-state index in [-0.39, 0.29) is 18.4 Å². The number of hydrogen-bond acceptors (Lipinski definition) is 7. The number of hydrogen-bond donors (Lipinski definition) is 2. The van der Waals surface area contributed by atoms with E-state index >= 15 is 0 Å². The first-order valence-corrected chi connectivity index (χ1v) is 10.6. The van der Waals surface area contributed by atoms with Crippen molar-refractivity contribution in [3.63, 3.8) is 0 Å². The van der Waals surface area contributed by atoms with E-state index in [4.69, 9.17) is 18.9 Å². The first-order valence-electron chi connectivity index (χ1n) is 10.6. The number of amides is 1. The molecule has 164 valence electrons. The van der Waals surface area contributed by atoms with Gasteiger partial charge in [-0.25, -0.2) is 0 Å². The van der Waals surface area contributed by atoms with Gasteiger partial charge in [0.2, 0.25) is 5.91 Å². The number of esters is 1. The summed E-state index contributed by atoms with van der Waals surface area (Å²) < 4.78 is 21.0. The molecule has 8 nitrogen and oxygen atoms in total. The van der Waals surface area contributed by atoms with Crippen LogP contribution in [0.25, 0.3) is 0 Å². The van der Waals surface area contributed by atoms with Crippen LogP contribution in [-0.4, -0.2) is 77.8 Å². The lowest BCUT2D eigenvalue weighted by molar-refractivity contribution is -0.142. The summed E-state index contributed by atoms with van der Waals surface area (Å²) in [6.45, 7) is 6.53. The van der Waals surface area contributed by atoms with E-state index in [1.54, 1.807) is 6.92 Å². The number of carbonyl (C=O) groups excluding carboxylic acids is 2. The van der Waals surface area contributed by atoms with Crippen molar-refractivity contribution in [2.75, 3.05) is 65.9 Å². The Labute approximate surface area is 169 Å². The highest BCUT2D eigenvalue weighted by molar-refractivity contribution is 5.76. The molecule has 0 bridgehead atoms. The highest BCUT2D eigenvalue weighted by atomic mass is 16.5. The Morgan fingerprint density at radius 3 is 2.11 bits per heavy atom. The van der Waals surface area contributed by atoms with E-state index in [1.165, 1.54) is 32.1 Å². The van der Waals surface area contributed by atoms with E-state index in [2.05, 4.69) is 10.6 Å². The molecule has 0 aliphatic heterocycles. The minimum Gasteiger partial charge on any atom is -0.465 e. The van der Waals surface area contributed by atoms with E-state index in [0.29, 0.717) is 71.7 Å². The number of nitrogens with one attached hydrogen (secondary N) is 2. The quantitative estimate of drug-likeness (QED) is 0.279. The average Bonchev–Trinajstić information content (AvgIpc) is 2.69. The van der Waals surface area contributed by atoms with Crippen LogP contribution in [0.15, 0.2) is 0 Å². The number of rotatable bonds is 17. The molecular weight excluding hydrogens is 364 g/mol. The Morgan fingerprint density at radius 1 is 0.857 bits per heavy atom. The van der Waals surface area contributed by atoms with Gasteiger partial charge in [0, 0.05) is 19.5 Å². The lowest BCUT2D eigenvalue weighted by Crippen LogP contribution is -2.29. The fraction of sp³-hybridized carbons (Fsp3) is 0.900. The molecule has 28 heavy (non-hydrogen) atoms. The van der Waals surface area contributed by atoms with Crippen molar-refractivity contribution in [3.8, 4) is 0 Å². The fourth-order valence-electron chi connectivity index (χ4n) is 3.08. The van der Waals surface area contributed by atoms with Crippen molar-refractivity contribution in [2.24, 2.45) is 5.92 Å². The summed E-state index contributed by atoms with van der Waals surface area (Å²) in [5.41, 5.74) is 0. The molecule has 2 N–H and O–H groups in total. The van der Waals surface area contributed by atoms with Crippen LogP contribution in [0, 0.1) is 5.92 Å². The number of ether oxygens (including phenoxy) is 4. The van der Waals surface area contributed by atoms with Crippen LogP contribution in [0.1, 0.15) is 45.4 Å². The van der Waals surface area contributed by atoms with Crippen molar-refractivity contribution in [3.05, 3.63) is 0 Å². The summed E-state index contributed by atoms with van der Waals surface area (Å²) in [5, 5.41) is 5.86. The van der Waals surface area contributed by atoms with Gasteiger partial charge >= 0.3 is 5.97 Å². The Kier molecular flexibility index (Phi) is 15.8. The monoisotopic (exact) mass is 402 g/mol. The largest absolute Gasteiger partial charge is 0.465 e. The van der Waals surface area contributed by atoms with Gasteiger partial charge in [-0.15, -0.1) is 0 Å². The van der Waals surface area contributed by atoms with Crippen LogP contribution in [0.4, 0.5) is 0 Å². The highest BCUT2D eigenvalue weighted by Gasteiger charge is 2.16. The summed E-state index contributed by atoms with van der Waals surface area (Å²) in [7, 11) is 0. The molecule has 8 heteroatoms. The normalized spacial score (nSPS) is 14.8. The Hall–Kier alpha value is -1.22. The maximum absolute atomic E-state index is 11.8. The summed E-state index contributed by atoms with van der Waals surface area (Å²) in [4.78, 5) is 22.9. The predicted octanol–water partition coefficient (Wildman–Crippen LogP) is 1.28. The lowest BCUT2D eigenvalue weighted by Gasteiger charge is -2.20. The Bertz CT molecular complexity index is 402. The van der Waals surface area contributed by atoms with Crippen molar-refractivity contribution in [2.45, 2.75) is 45.4 Å². The van der Waals surface area contributed by atoms with E-state index in [0.717, 1.165) is 0 Å². The molecule has 0 heterocycles. The molecule has 1 aliphatic rings. The van der Waals surface area contributed by atoms with Crippen molar-refractivity contribution in [1.82, 2.24) is 10.6 Å². The lowest BCUT2D eigenvalue weighted by atomic mass is 9.87. The van der Waals surface area contributed by atoms with Crippen LogP contribution in [0.3, 0.4) is 0 Å². The Balaban J connectivity index is 1.75. The molecule has 0 aromatic heterocycles. The zero-order valence-electron chi connectivity index (χ0n) is 17.3. The maximum atomic E-state index is 11.8. The molecule has 0 aromatic carbocycles. The SMILES string of the molecule is CCOC(=O)CNCCOCCOCCOCCNC(=O)CC1CCCCC1. The van der Waals surface area contributed by atoms with E-state index in [9.17, 15) is 9.59 Å². The third-order valence-corrected chi connectivity index (χ3v) is 4.51. The molecule has 0 unspecified atom stereocenters. The topological polar surface area (TPSA) is 95.1 Å². The zero-order chi connectivity index (χ0) is 20.3. The summed E-state index contributed by atoms with van der Waals surface area (Å²) in [6.07, 6.45) is 6.87. The second-order valence-corrected chi connectivity index (χ2v) is 6.88. The van der Waals surface area contributed by atoms with E-state index in [1.807, 2.05) is 0 Å². The molecule has 0 spiro atoms. The highest BCUT2D eigenvalue weighted by Crippen LogP contribution is 2.25. The van der Waals surface area contributed by atoms with E-state index < -0.39 is 0 Å². The van der Waals surface area contributed by atoms with Crippen LogP contribution in [-0.2, 0) is 28.5 Å². The van der Waals surface area contributed by atoms with Crippen molar-refractivity contribution < 1.29 is 28.5 Å². The molecule has 1 saturated carbocycles. The maximum Gasteiger partial charge on any atom is 0.319 e. The van der Waals surface area contributed by atoms with Crippen molar-refractivity contribution in [1.29, 1.82) is 0 Å². The van der Waals surface area contributed by atoms with Crippen LogP contribution in [0.2, 0.25) is 0 Å². The molecule has 0 aromatic rings. The van der Waals surface area contributed by atoms with Crippen LogP contribution >= 0.6 is 0 Å².